The topological polar surface area (TPSA) is 63.5 Å². The number of likely N-dealkylation sites (N-methyl/N-ethyl adjacent to an activating group) is 1. The summed E-state index contributed by atoms with van der Waals surface area (Å²) in [4.78, 5) is 17.2. The fraction of sp³-hybridized carbons (Fsp3) is 0.333. The molecule has 3 heterocycles. The number of benzene rings is 1. The summed E-state index contributed by atoms with van der Waals surface area (Å²) in [5.41, 5.74) is 2.07. The van der Waals surface area contributed by atoms with Crippen molar-refractivity contribution in [2.24, 2.45) is 0 Å². The molecule has 1 fully saturated rings. The number of hydrogen-bond donors (Lipinski definition) is 1. The Hall–Kier alpha value is -2.60. The second-order valence-corrected chi connectivity index (χ2v) is 6.01. The molecule has 0 amide bonds. The van der Waals surface area contributed by atoms with Crippen LogP contribution in [0.2, 0.25) is 0 Å². The van der Waals surface area contributed by atoms with Gasteiger partial charge in [-0.3, -0.25) is 4.90 Å². The highest BCUT2D eigenvalue weighted by Crippen LogP contribution is 2.53. The Labute approximate surface area is 140 Å². The molecule has 0 spiro atoms. The van der Waals surface area contributed by atoms with Crippen molar-refractivity contribution in [3.63, 3.8) is 0 Å². The summed E-state index contributed by atoms with van der Waals surface area (Å²) >= 11 is 0. The number of pyridine rings is 1. The molecule has 1 N–H and O–H groups in total. The standard InChI is InChI=1S/C18H19N3O3/c1-19-17-12(4-3-9-22)15(7-8-20-17)23-11-5-6-14-13(10-11)16-18(24-14)21(16)2/h5-10,16,18H,3-4H2,1-2H3,(H,19,20)/t16?,18-,21?/m0/s1. The van der Waals surface area contributed by atoms with Gasteiger partial charge in [-0.2, -0.15) is 0 Å². The number of carbonyl (C=O) groups is 1. The highest BCUT2D eigenvalue weighted by Gasteiger charge is 2.54. The molecular weight excluding hydrogens is 306 g/mol. The van der Waals surface area contributed by atoms with Crippen LogP contribution in [0.25, 0.3) is 0 Å². The van der Waals surface area contributed by atoms with Crippen LogP contribution in [0.3, 0.4) is 0 Å². The number of carbonyl (C=O) groups excluding carboxylic acids is 1. The first-order valence-corrected chi connectivity index (χ1v) is 8.02. The van der Waals surface area contributed by atoms with Crippen molar-refractivity contribution in [1.82, 2.24) is 9.88 Å². The van der Waals surface area contributed by atoms with Gasteiger partial charge in [-0.25, -0.2) is 4.98 Å². The van der Waals surface area contributed by atoms with Crippen LogP contribution in [0, 0.1) is 0 Å². The van der Waals surface area contributed by atoms with Gasteiger partial charge in [0, 0.05) is 30.8 Å². The first-order chi connectivity index (χ1) is 11.7. The van der Waals surface area contributed by atoms with Gasteiger partial charge < -0.3 is 19.6 Å². The van der Waals surface area contributed by atoms with Crippen LogP contribution in [0.4, 0.5) is 5.82 Å². The van der Waals surface area contributed by atoms with Crippen LogP contribution >= 0.6 is 0 Å². The molecule has 2 aromatic rings. The smallest absolute Gasteiger partial charge is 0.173 e. The number of hydrogen-bond acceptors (Lipinski definition) is 6. The Balaban J connectivity index is 1.63. The lowest BCUT2D eigenvalue weighted by Crippen LogP contribution is -2.04. The van der Waals surface area contributed by atoms with E-state index in [9.17, 15) is 4.79 Å². The summed E-state index contributed by atoms with van der Waals surface area (Å²) in [5, 5.41) is 3.06. The molecule has 24 heavy (non-hydrogen) atoms. The maximum atomic E-state index is 10.7. The number of fused-ring (bicyclic) bond motifs is 3. The van der Waals surface area contributed by atoms with Gasteiger partial charge in [0.15, 0.2) is 6.23 Å². The highest BCUT2D eigenvalue weighted by atomic mass is 16.5. The quantitative estimate of drug-likeness (QED) is 0.651. The second-order valence-electron chi connectivity index (χ2n) is 6.01. The van der Waals surface area contributed by atoms with E-state index < -0.39 is 0 Å². The van der Waals surface area contributed by atoms with Crippen LogP contribution in [-0.2, 0) is 11.2 Å². The lowest BCUT2D eigenvalue weighted by atomic mass is 10.1. The van der Waals surface area contributed by atoms with Crippen LogP contribution in [-0.4, -0.2) is 36.5 Å². The molecule has 124 valence electrons. The highest BCUT2D eigenvalue weighted by molar-refractivity contribution is 5.57. The number of aldehydes is 1. The average Bonchev–Trinajstić information content (AvgIpc) is 3.06. The third-order valence-electron chi connectivity index (χ3n) is 4.56. The summed E-state index contributed by atoms with van der Waals surface area (Å²) in [6.45, 7) is 0. The fourth-order valence-electron chi connectivity index (χ4n) is 3.25. The number of nitrogens with one attached hydrogen (secondary N) is 1. The van der Waals surface area contributed by atoms with E-state index in [0.717, 1.165) is 40.5 Å². The molecule has 2 unspecified atom stereocenters. The van der Waals surface area contributed by atoms with E-state index in [2.05, 4.69) is 15.2 Å². The molecule has 6 nitrogen and oxygen atoms in total. The summed E-state index contributed by atoms with van der Waals surface area (Å²) in [7, 11) is 3.86. The van der Waals surface area contributed by atoms with Gasteiger partial charge in [0.25, 0.3) is 0 Å². The lowest BCUT2D eigenvalue weighted by Gasteiger charge is -2.15. The molecule has 1 saturated heterocycles. The number of ether oxygens (including phenoxy) is 2. The second kappa shape index (κ2) is 5.79. The summed E-state index contributed by atoms with van der Waals surface area (Å²) in [6, 6.07) is 8.06. The van der Waals surface area contributed by atoms with Gasteiger partial charge in [0.2, 0.25) is 0 Å². The van der Waals surface area contributed by atoms with Crippen LogP contribution in [0.15, 0.2) is 30.5 Å². The molecule has 6 heteroatoms. The molecule has 2 aliphatic rings. The molecule has 0 saturated carbocycles. The minimum absolute atomic E-state index is 0.176. The largest absolute Gasteiger partial charge is 0.473 e. The van der Waals surface area contributed by atoms with E-state index in [0.29, 0.717) is 18.9 Å². The predicted octanol–water partition coefficient (Wildman–Crippen LogP) is 2.75. The summed E-state index contributed by atoms with van der Waals surface area (Å²) in [5.74, 6) is 3.15. The first kappa shape index (κ1) is 15.0. The van der Waals surface area contributed by atoms with Crippen molar-refractivity contribution in [1.29, 1.82) is 0 Å². The maximum absolute atomic E-state index is 10.7. The fourth-order valence-corrected chi connectivity index (χ4v) is 3.25. The van der Waals surface area contributed by atoms with Crippen LogP contribution in [0.1, 0.15) is 23.6 Å². The Bertz CT molecular complexity index is 793. The first-order valence-electron chi connectivity index (χ1n) is 8.02. The van der Waals surface area contributed by atoms with E-state index in [-0.39, 0.29) is 6.23 Å². The van der Waals surface area contributed by atoms with Crippen molar-refractivity contribution in [2.75, 3.05) is 19.4 Å². The average molecular weight is 325 g/mol. The van der Waals surface area contributed by atoms with Crippen molar-refractivity contribution in [3.05, 3.63) is 41.6 Å². The van der Waals surface area contributed by atoms with E-state index >= 15 is 0 Å². The van der Waals surface area contributed by atoms with Gasteiger partial charge in [-0.05, 0) is 37.7 Å². The molecule has 0 radical (unpaired) electrons. The molecular formula is C18H19N3O3. The zero-order valence-corrected chi connectivity index (χ0v) is 13.7. The number of nitrogens with zero attached hydrogens (tertiary/aromatic N) is 2. The molecule has 1 aromatic heterocycles. The zero-order chi connectivity index (χ0) is 16.7. The van der Waals surface area contributed by atoms with E-state index in [1.54, 1.807) is 6.20 Å². The third kappa shape index (κ3) is 2.39. The Morgan fingerprint density at radius 2 is 2.29 bits per heavy atom. The zero-order valence-electron chi connectivity index (χ0n) is 13.7. The van der Waals surface area contributed by atoms with E-state index in [1.807, 2.05) is 38.4 Å². The molecule has 0 bridgehead atoms. The van der Waals surface area contributed by atoms with Crippen molar-refractivity contribution in [3.8, 4) is 17.2 Å². The van der Waals surface area contributed by atoms with Gasteiger partial charge in [-0.1, -0.05) is 0 Å². The summed E-state index contributed by atoms with van der Waals surface area (Å²) in [6.07, 6.45) is 3.81. The Morgan fingerprint density at radius 1 is 1.42 bits per heavy atom. The maximum Gasteiger partial charge on any atom is 0.173 e. The molecule has 1 aromatic carbocycles. The van der Waals surface area contributed by atoms with Crippen molar-refractivity contribution >= 4 is 12.1 Å². The summed E-state index contributed by atoms with van der Waals surface area (Å²) < 4.78 is 11.9. The lowest BCUT2D eigenvalue weighted by molar-refractivity contribution is -0.107. The van der Waals surface area contributed by atoms with E-state index in [4.69, 9.17) is 9.47 Å². The molecule has 3 atom stereocenters. The minimum atomic E-state index is 0.176. The normalized spacial score (nSPS) is 23.0. The molecule has 4 rings (SSSR count). The Kier molecular flexibility index (Phi) is 3.61. The van der Waals surface area contributed by atoms with Gasteiger partial charge in [0.1, 0.15) is 29.4 Å². The van der Waals surface area contributed by atoms with Crippen molar-refractivity contribution < 1.29 is 14.3 Å². The third-order valence-corrected chi connectivity index (χ3v) is 4.56. The number of rotatable bonds is 6. The predicted molar refractivity (Wildman–Crippen MR) is 89.6 cm³/mol. The SMILES string of the molecule is CNc1nccc(Oc2ccc3c(c2)C2[C@H](O3)N2C)c1CCC=O. The molecule has 2 aliphatic heterocycles. The number of anilines is 1. The van der Waals surface area contributed by atoms with Crippen molar-refractivity contribution in [2.45, 2.75) is 25.1 Å². The molecule has 0 aliphatic carbocycles. The monoisotopic (exact) mass is 325 g/mol. The number of aromatic nitrogens is 1. The van der Waals surface area contributed by atoms with Gasteiger partial charge >= 0.3 is 0 Å². The van der Waals surface area contributed by atoms with Crippen LogP contribution in [0.5, 0.6) is 17.2 Å². The Morgan fingerprint density at radius 3 is 3.08 bits per heavy atom. The minimum Gasteiger partial charge on any atom is -0.473 e. The van der Waals surface area contributed by atoms with Gasteiger partial charge in [-0.15, -0.1) is 0 Å². The van der Waals surface area contributed by atoms with E-state index in [1.165, 1.54) is 0 Å². The van der Waals surface area contributed by atoms with Crippen LogP contribution < -0.4 is 14.8 Å². The van der Waals surface area contributed by atoms with Gasteiger partial charge in [0.05, 0.1) is 6.04 Å².